The Kier molecular flexibility index (Phi) is 5.32. The minimum Gasteiger partial charge on any atom is -0.381 e. The lowest BCUT2D eigenvalue weighted by atomic mass is 9.98. The Bertz CT molecular complexity index is 281. The zero-order chi connectivity index (χ0) is 13.8. The van der Waals surface area contributed by atoms with E-state index in [2.05, 4.69) is 22.0 Å². The summed E-state index contributed by atoms with van der Waals surface area (Å²) < 4.78 is 5.60. The molecule has 3 rings (SSSR count). The third-order valence-corrected chi connectivity index (χ3v) is 5.12. The largest absolute Gasteiger partial charge is 0.381 e. The van der Waals surface area contributed by atoms with E-state index in [1.165, 1.54) is 58.4 Å². The molecule has 2 saturated heterocycles. The number of piperazine rings is 1. The van der Waals surface area contributed by atoms with E-state index in [1.807, 2.05) is 0 Å². The molecule has 1 N–H and O–H groups in total. The molecule has 0 radical (unpaired) electrons. The van der Waals surface area contributed by atoms with Gasteiger partial charge in [-0.05, 0) is 32.2 Å². The number of hydrogen-bond donors (Lipinski definition) is 1. The summed E-state index contributed by atoms with van der Waals surface area (Å²) in [6.45, 7) is 11.6. The van der Waals surface area contributed by atoms with Crippen LogP contribution >= 0.6 is 0 Å². The molecule has 2 aliphatic heterocycles. The molecule has 0 amide bonds. The van der Waals surface area contributed by atoms with Gasteiger partial charge in [0.05, 0.1) is 6.61 Å². The Morgan fingerprint density at radius 3 is 2.55 bits per heavy atom. The van der Waals surface area contributed by atoms with Gasteiger partial charge in [-0.1, -0.05) is 6.92 Å². The van der Waals surface area contributed by atoms with Crippen molar-refractivity contribution >= 4 is 0 Å². The van der Waals surface area contributed by atoms with Crippen LogP contribution in [0.3, 0.4) is 0 Å². The van der Waals surface area contributed by atoms with Gasteiger partial charge in [-0.15, -0.1) is 0 Å². The van der Waals surface area contributed by atoms with Gasteiger partial charge in [0.1, 0.15) is 0 Å². The van der Waals surface area contributed by atoms with Gasteiger partial charge in [0.25, 0.3) is 0 Å². The summed E-state index contributed by atoms with van der Waals surface area (Å²) in [6, 6.07) is 1.57. The van der Waals surface area contributed by atoms with E-state index in [-0.39, 0.29) is 0 Å². The van der Waals surface area contributed by atoms with Gasteiger partial charge >= 0.3 is 0 Å². The van der Waals surface area contributed by atoms with Crippen LogP contribution in [0, 0.1) is 5.92 Å². The van der Waals surface area contributed by atoms with Gasteiger partial charge < -0.3 is 10.1 Å². The van der Waals surface area contributed by atoms with E-state index < -0.39 is 0 Å². The van der Waals surface area contributed by atoms with Crippen molar-refractivity contribution in [3.8, 4) is 0 Å². The first-order valence-corrected chi connectivity index (χ1v) is 8.64. The van der Waals surface area contributed by atoms with Crippen LogP contribution in [0.15, 0.2) is 0 Å². The van der Waals surface area contributed by atoms with Crippen molar-refractivity contribution in [1.29, 1.82) is 0 Å². The second-order valence-corrected chi connectivity index (χ2v) is 6.75. The molecule has 4 nitrogen and oxygen atoms in total. The van der Waals surface area contributed by atoms with E-state index in [0.29, 0.717) is 6.04 Å². The van der Waals surface area contributed by atoms with Crippen molar-refractivity contribution in [1.82, 2.24) is 15.1 Å². The number of nitrogens with zero attached hydrogens (tertiary/aromatic N) is 2. The second kappa shape index (κ2) is 7.21. The molecule has 3 aliphatic rings. The van der Waals surface area contributed by atoms with Crippen molar-refractivity contribution in [2.24, 2.45) is 5.92 Å². The monoisotopic (exact) mass is 281 g/mol. The SMILES string of the molecule is CCCNC(CN1CCN(C2CC2)CC1)C1CCOC1. The highest BCUT2D eigenvalue weighted by Crippen LogP contribution is 2.27. The van der Waals surface area contributed by atoms with Crippen molar-refractivity contribution in [3.05, 3.63) is 0 Å². The number of hydrogen-bond acceptors (Lipinski definition) is 4. The van der Waals surface area contributed by atoms with E-state index in [4.69, 9.17) is 4.74 Å². The summed E-state index contributed by atoms with van der Waals surface area (Å²) in [5.74, 6) is 0.725. The maximum atomic E-state index is 5.60. The summed E-state index contributed by atoms with van der Waals surface area (Å²) in [5, 5.41) is 3.77. The number of rotatable bonds is 7. The van der Waals surface area contributed by atoms with Gasteiger partial charge in [0.2, 0.25) is 0 Å². The Hall–Kier alpha value is -0.160. The van der Waals surface area contributed by atoms with Gasteiger partial charge in [-0.25, -0.2) is 0 Å². The summed E-state index contributed by atoms with van der Waals surface area (Å²) in [5.41, 5.74) is 0. The first-order chi connectivity index (χ1) is 9.86. The smallest absolute Gasteiger partial charge is 0.0510 e. The van der Waals surface area contributed by atoms with Crippen molar-refractivity contribution in [2.45, 2.75) is 44.7 Å². The average Bonchev–Trinajstić information content (AvgIpc) is 3.19. The van der Waals surface area contributed by atoms with E-state index in [0.717, 1.165) is 31.7 Å². The summed E-state index contributed by atoms with van der Waals surface area (Å²) in [7, 11) is 0. The lowest BCUT2D eigenvalue weighted by Gasteiger charge is -2.38. The van der Waals surface area contributed by atoms with Gasteiger partial charge in [0, 0.05) is 57.3 Å². The molecule has 0 bridgehead atoms. The fourth-order valence-electron chi connectivity index (χ4n) is 3.61. The van der Waals surface area contributed by atoms with Crippen molar-refractivity contribution in [3.63, 3.8) is 0 Å². The molecule has 116 valence electrons. The van der Waals surface area contributed by atoms with Crippen LogP contribution in [0.4, 0.5) is 0 Å². The second-order valence-electron chi connectivity index (χ2n) is 6.75. The Balaban J connectivity index is 1.45. The van der Waals surface area contributed by atoms with E-state index in [1.54, 1.807) is 0 Å². The Labute approximate surface area is 123 Å². The zero-order valence-corrected chi connectivity index (χ0v) is 13.0. The average molecular weight is 281 g/mol. The van der Waals surface area contributed by atoms with Crippen LogP contribution < -0.4 is 5.32 Å². The number of nitrogens with one attached hydrogen (secondary N) is 1. The van der Waals surface area contributed by atoms with Gasteiger partial charge in [-0.2, -0.15) is 0 Å². The molecular formula is C16H31N3O. The molecular weight excluding hydrogens is 250 g/mol. The maximum Gasteiger partial charge on any atom is 0.0510 e. The minimum atomic E-state index is 0.630. The summed E-state index contributed by atoms with van der Waals surface area (Å²) in [6.07, 6.45) is 5.35. The molecule has 20 heavy (non-hydrogen) atoms. The van der Waals surface area contributed by atoms with Crippen LogP contribution in [0.25, 0.3) is 0 Å². The zero-order valence-electron chi connectivity index (χ0n) is 13.0. The fourth-order valence-corrected chi connectivity index (χ4v) is 3.61. The lowest BCUT2D eigenvalue weighted by Crippen LogP contribution is -2.53. The van der Waals surface area contributed by atoms with Crippen LogP contribution in [-0.4, -0.2) is 74.4 Å². The Morgan fingerprint density at radius 1 is 1.15 bits per heavy atom. The Morgan fingerprint density at radius 2 is 1.95 bits per heavy atom. The van der Waals surface area contributed by atoms with Crippen LogP contribution in [0.1, 0.15) is 32.6 Å². The molecule has 3 fully saturated rings. The quantitative estimate of drug-likeness (QED) is 0.758. The molecule has 1 saturated carbocycles. The first-order valence-electron chi connectivity index (χ1n) is 8.64. The van der Waals surface area contributed by atoms with Crippen LogP contribution in [0.5, 0.6) is 0 Å². The molecule has 0 aromatic carbocycles. The molecule has 0 spiro atoms. The molecule has 0 aromatic heterocycles. The predicted octanol–water partition coefficient (Wildman–Crippen LogP) is 1.17. The third-order valence-electron chi connectivity index (χ3n) is 5.12. The molecule has 1 aliphatic carbocycles. The highest BCUT2D eigenvalue weighted by atomic mass is 16.5. The van der Waals surface area contributed by atoms with Crippen LogP contribution in [0.2, 0.25) is 0 Å². The van der Waals surface area contributed by atoms with E-state index >= 15 is 0 Å². The summed E-state index contributed by atoms with van der Waals surface area (Å²) in [4.78, 5) is 5.37. The maximum absolute atomic E-state index is 5.60. The molecule has 4 heteroatoms. The fraction of sp³-hybridized carbons (Fsp3) is 1.00. The molecule has 2 unspecified atom stereocenters. The topological polar surface area (TPSA) is 27.7 Å². The molecule has 2 heterocycles. The first kappa shape index (κ1) is 14.8. The van der Waals surface area contributed by atoms with Crippen LogP contribution in [-0.2, 0) is 4.74 Å². The standard InChI is InChI=1S/C16H31N3O/c1-2-6-17-16(14-5-11-20-13-14)12-18-7-9-19(10-8-18)15-3-4-15/h14-17H,2-13H2,1H3. The van der Waals surface area contributed by atoms with Gasteiger partial charge in [0.15, 0.2) is 0 Å². The van der Waals surface area contributed by atoms with Crippen molar-refractivity contribution < 1.29 is 4.74 Å². The van der Waals surface area contributed by atoms with E-state index in [9.17, 15) is 0 Å². The lowest BCUT2D eigenvalue weighted by molar-refractivity contribution is 0.105. The number of ether oxygens (including phenoxy) is 1. The summed E-state index contributed by atoms with van der Waals surface area (Å²) >= 11 is 0. The highest BCUT2D eigenvalue weighted by molar-refractivity contribution is 4.89. The van der Waals surface area contributed by atoms with Gasteiger partial charge in [-0.3, -0.25) is 9.80 Å². The molecule has 0 aromatic rings. The minimum absolute atomic E-state index is 0.630. The normalized spacial score (nSPS) is 30.8. The predicted molar refractivity (Wildman–Crippen MR) is 82.0 cm³/mol. The molecule has 2 atom stereocenters. The highest BCUT2D eigenvalue weighted by Gasteiger charge is 2.33. The van der Waals surface area contributed by atoms with Crippen molar-refractivity contribution in [2.75, 3.05) is 52.5 Å². The third kappa shape index (κ3) is 3.94.